The van der Waals surface area contributed by atoms with Gasteiger partial charge in [-0.2, -0.15) is 4.31 Å². The second-order valence-corrected chi connectivity index (χ2v) is 7.88. The molecule has 0 aliphatic carbocycles. The number of piperidine rings is 1. The summed E-state index contributed by atoms with van der Waals surface area (Å²) in [7, 11) is -3.40. The number of thiophene rings is 1. The van der Waals surface area contributed by atoms with E-state index in [-0.39, 0.29) is 6.10 Å². The van der Waals surface area contributed by atoms with Crippen LogP contribution in [-0.4, -0.2) is 38.5 Å². The number of hydrogen-bond acceptors (Lipinski definition) is 5. The van der Waals surface area contributed by atoms with E-state index in [4.69, 9.17) is 10.5 Å². The zero-order valence-electron chi connectivity index (χ0n) is 11.7. The fourth-order valence-electron chi connectivity index (χ4n) is 2.30. The molecule has 1 fully saturated rings. The van der Waals surface area contributed by atoms with Crippen molar-refractivity contribution in [2.75, 3.05) is 19.7 Å². The Labute approximate surface area is 124 Å². The molecule has 1 saturated heterocycles. The largest absolute Gasteiger partial charge is 0.377 e. The lowest BCUT2D eigenvalue weighted by molar-refractivity contribution is 0.0193. The third-order valence-corrected chi connectivity index (χ3v) is 6.32. The monoisotopic (exact) mass is 318 g/mol. The Hall–Kier alpha value is -0.470. The molecule has 5 nitrogen and oxygen atoms in total. The minimum absolute atomic E-state index is 0.0195. The van der Waals surface area contributed by atoms with Crippen molar-refractivity contribution >= 4 is 21.4 Å². The van der Waals surface area contributed by atoms with E-state index in [0.29, 0.717) is 31.1 Å². The van der Waals surface area contributed by atoms with Crippen LogP contribution in [0.15, 0.2) is 16.3 Å². The Morgan fingerprint density at radius 2 is 2.35 bits per heavy atom. The van der Waals surface area contributed by atoms with Gasteiger partial charge in [0.25, 0.3) is 0 Å². The van der Waals surface area contributed by atoms with E-state index in [1.165, 1.54) is 11.3 Å². The third kappa shape index (κ3) is 3.59. The first kappa shape index (κ1) is 15.9. The van der Waals surface area contributed by atoms with E-state index in [9.17, 15) is 8.42 Å². The van der Waals surface area contributed by atoms with Gasteiger partial charge in [0.05, 0.1) is 11.0 Å². The second-order valence-electron chi connectivity index (χ2n) is 4.95. The van der Waals surface area contributed by atoms with Crippen molar-refractivity contribution in [3.8, 4) is 0 Å². The normalized spacial score (nSPS) is 21.2. The molecule has 0 radical (unpaired) electrons. The maximum atomic E-state index is 12.6. The first-order valence-electron chi connectivity index (χ1n) is 6.97. The summed E-state index contributed by atoms with van der Waals surface area (Å²) in [5, 5.41) is 1.67. The molecule has 20 heavy (non-hydrogen) atoms. The van der Waals surface area contributed by atoms with Crippen molar-refractivity contribution in [1.82, 2.24) is 4.31 Å². The van der Waals surface area contributed by atoms with Gasteiger partial charge in [-0.1, -0.05) is 6.92 Å². The van der Waals surface area contributed by atoms with Gasteiger partial charge in [-0.05, 0) is 25.3 Å². The predicted octanol–water partition coefficient (Wildman–Crippen LogP) is 1.79. The molecule has 0 amide bonds. The predicted molar refractivity (Wildman–Crippen MR) is 80.2 cm³/mol. The van der Waals surface area contributed by atoms with Crippen LogP contribution in [0.5, 0.6) is 0 Å². The maximum Gasteiger partial charge on any atom is 0.243 e. The molecule has 0 aromatic carbocycles. The zero-order valence-corrected chi connectivity index (χ0v) is 13.4. The average molecular weight is 318 g/mol. The Bertz CT molecular complexity index is 527. The van der Waals surface area contributed by atoms with Crippen LogP contribution in [-0.2, 0) is 21.3 Å². The zero-order chi connectivity index (χ0) is 14.6. The molecule has 1 aliphatic heterocycles. The third-order valence-electron chi connectivity index (χ3n) is 3.37. The van der Waals surface area contributed by atoms with Crippen LogP contribution in [0.4, 0.5) is 0 Å². The molecule has 2 rings (SSSR count). The number of nitrogens with zero attached hydrogens (tertiary/aromatic N) is 1. The average Bonchev–Trinajstić information content (AvgIpc) is 2.95. The summed E-state index contributed by atoms with van der Waals surface area (Å²) in [5.41, 5.74) is 5.54. The molecule has 2 heterocycles. The van der Waals surface area contributed by atoms with Crippen LogP contribution in [0, 0.1) is 0 Å². The molecule has 0 saturated carbocycles. The van der Waals surface area contributed by atoms with Crippen LogP contribution in [0.2, 0.25) is 0 Å². The first-order valence-corrected chi connectivity index (χ1v) is 9.29. The molecule has 1 aromatic heterocycles. The standard InChI is InChI=1S/C13H22N2O3S2/c1-2-6-18-11-4-3-5-15(9-11)20(16,17)13-7-12(8-14)19-10-13/h7,10-11H,2-6,8-9,14H2,1H3. The summed E-state index contributed by atoms with van der Waals surface area (Å²) in [4.78, 5) is 1.25. The molecule has 1 unspecified atom stereocenters. The Balaban J connectivity index is 2.08. The lowest BCUT2D eigenvalue weighted by atomic mass is 10.1. The molecular weight excluding hydrogens is 296 g/mol. The van der Waals surface area contributed by atoms with Crippen LogP contribution < -0.4 is 5.73 Å². The van der Waals surface area contributed by atoms with E-state index < -0.39 is 10.0 Å². The van der Waals surface area contributed by atoms with Gasteiger partial charge < -0.3 is 10.5 Å². The summed E-state index contributed by atoms with van der Waals surface area (Å²) in [6.45, 7) is 4.14. The van der Waals surface area contributed by atoms with Gasteiger partial charge >= 0.3 is 0 Å². The number of rotatable bonds is 6. The molecule has 1 aromatic rings. The fraction of sp³-hybridized carbons (Fsp3) is 0.692. The molecule has 2 N–H and O–H groups in total. The second kappa shape index (κ2) is 7.00. The number of ether oxygens (including phenoxy) is 1. The lowest BCUT2D eigenvalue weighted by Crippen LogP contribution is -2.43. The molecular formula is C13H22N2O3S2. The Morgan fingerprint density at radius 3 is 3.00 bits per heavy atom. The summed E-state index contributed by atoms with van der Waals surface area (Å²) >= 11 is 1.39. The van der Waals surface area contributed by atoms with Crippen LogP contribution in [0.3, 0.4) is 0 Å². The maximum absolute atomic E-state index is 12.6. The van der Waals surface area contributed by atoms with Crippen LogP contribution in [0.1, 0.15) is 31.1 Å². The summed E-state index contributed by atoms with van der Waals surface area (Å²) < 4.78 is 32.4. The Kier molecular flexibility index (Phi) is 5.57. The van der Waals surface area contributed by atoms with Crippen molar-refractivity contribution in [2.45, 2.75) is 43.7 Å². The summed E-state index contributed by atoms with van der Waals surface area (Å²) in [5.74, 6) is 0. The minimum atomic E-state index is -3.40. The van der Waals surface area contributed by atoms with Crippen molar-refractivity contribution in [2.24, 2.45) is 5.73 Å². The highest BCUT2D eigenvalue weighted by Crippen LogP contribution is 2.25. The highest BCUT2D eigenvalue weighted by Gasteiger charge is 2.31. The van der Waals surface area contributed by atoms with Gasteiger partial charge in [0.1, 0.15) is 0 Å². The molecule has 1 aliphatic rings. The van der Waals surface area contributed by atoms with Crippen LogP contribution in [0.25, 0.3) is 0 Å². The Morgan fingerprint density at radius 1 is 1.55 bits per heavy atom. The fourth-order valence-corrected chi connectivity index (χ4v) is 4.95. The number of hydrogen-bond donors (Lipinski definition) is 1. The first-order chi connectivity index (χ1) is 9.57. The molecule has 114 valence electrons. The SMILES string of the molecule is CCCOC1CCCN(S(=O)(=O)c2csc(CN)c2)C1. The number of sulfonamides is 1. The molecule has 1 atom stereocenters. The van der Waals surface area contributed by atoms with Gasteiger partial charge in [-0.25, -0.2) is 8.42 Å². The van der Waals surface area contributed by atoms with Gasteiger partial charge in [-0.3, -0.25) is 0 Å². The number of nitrogens with two attached hydrogens (primary N) is 1. The lowest BCUT2D eigenvalue weighted by Gasteiger charge is -2.31. The van der Waals surface area contributed by atoms with Gasteiger partial charge in [-0.15, -0.1) is 11.3 Å². The van der Waals surface area contributed by atoms with Crippen molar-refractivity contribution in [3.05, 3.63) is 16.3 Å². The molecule has 0 spiro atoms. The van der Waals surface area contributed by atoms with Gasteiger partial charge in [0.2, 0.25) is 10.0 Å². The van der Waals surface area contributed by atoms with Crippen molar-refractivity contribution in [3.63, 3.8) is 0 Å². The molecule has 0 bridgehead atoms. The molecule has 7 heteroatoms. The summed E-state index contributed by atoms with van der Waals surface area (Å²) in [6, 6.07) is 1.68. The van der Waals surface area contributed by atoms with Gasteiger partial charge in [0.15, 0.2) is 0 Å². The summed E-state index contributed by atoms with van der Waals surface area (Å²) in [6.07, 6.45) is 2.75. The quantitative estimate of drug-likeness (QED) is 0.868. The topological polar surface area (TPSA) is 72.6 Å². The van der Waals surface area contributed by atoms with E-state index in [2.05, 4.69) is 6.92 Å². The highest BCUT2D eigenvalue weighted by atomic mass is 32.2. The van der Waals surface area contributed by atoms with E-state index in [1.54, 1.807) is 15.8 Å². The van der Waals surface area contributed by atoms with Crippen molar-refractivity contribution < 1.29 is 13.2 Å². The van der Waals surface area contributed by atoms with E-state index in [0.717, 1.165) is 24.1 Å². The smallest absolute Gasteiger partial charge is 0.243 e. The van der Waals surface area contributed by atoms with Crippen molar-refractivity contribution in [1.29, 1.82) is 0 Å². The van der Waals surface area contributed by atoms with E-state index in [1.807, 2.05) is 0 Å². The highest BCUT2D eigenvalue weighted by molar-refractivity contribution is 7.89. The minimum Gasteiger partial charge on any atom is -0.377 e. The van der Waals surface area contributed by atoms with Crippen LogP contribution >= 0.6 is 11.3 Å². The van der Waals surface area contributed by atoms with Gasteiger partial charge in [0, 0.05) is 36.5 Å². The van der Waals surface area contributed by atoms with E-state index >= 15 is 0 Å².